The zero-order chi connectivity index (χ0) is 20.4. The summed E-state index contributed by atoms with van der Waals surface area (Å²) in [6.45, 7) is 7.17. The Morgan fingerprint density at radius 3 is 2.31 bits per heavy atom. The molecule has 8 heteroatoms. The van der Waals surface area contributed by atoms with Crippen molar-refractivity contribution in [2.75, 3.05) is 59.4 Å². The minimum atomic E-state index is 0.0332. The molecule has 2 amide bonds. The summed E-state index contributed by atoms with van der Waals surface area (Å²) in [5, 5.41) is 4.24. The van der Waals surface area contributed by atoms with Crippen molar-refractivity contribution in [3.63, 3.8) is 0 Å². The minimum Gasteiger partial charge on any atom is -0.340 e. The maximum atomic E-state index is 13.0. The van der Waals surface area contributed by atoms with Gasteiger partial charge in [-0.15, -0.1) is 0 Å². The van der Waals surface area contributed by atoms with E-state index in [0.717, 1.165) is 78.0 Å². The van der Waals surface area contributed by atoms with Crippen LogP contribution in [0.25, 0.3) is 0 Å². The van der Waals surface area contributed by atoms with Crippen LogP contribution in [0, 0.1) is 5.92 Å². The molecular weight excluding hydrogens is 368 g/mol. The van der Waals surface area contributed by atoms with Crippen molar-refractivity contribution in [2.45, 2.75) is 31.7 Å². The number of hydrogen-bond acceptors (Lipinski definition) is 5. The number of likely N-dealkylation sites (N-methyl/N-ethyl adjacent to an activating group) is 1. The van der Waals surface area contributed by atoms with E-state index in [1.807, 2.05) is 18.1 Å². The van der Waals surface area contributed by atoms with E-state index >= 15 is 0 Å². The first kappa shape index (κ1) is 20.3. The van der Waals surface area contributed by atoms with Gasteiger partial charge in [0.25, 0.3) is 5.91 Å². The van der Waals surface area contributed by atoms with E-state index in [1.165, 1.54) is 0 Å². The Morgan fingerprint density at radius 2 is 1.66 bits per heavy atom. The summed E-state index contributed by atoms with van der Waals surface area (Å²) in [5.41, 5.74) is 0.529. The van der Waals surface area contributed by atoms with Crippen molar-refractivity contribution in [1.29, 1.82) is 0 Å². The van der Waals surface area contributed by atoms with Crippen LogP contribution in [-0.4, -0.2) is 107 Å². The van der Waals surface area contributed by atoms with E-state index in [1.54, 1.807) is 10.7 Å². The first-order valence-electron chi connectivity index (χ1n) is 11.0. The normalized spacial score (nSPS) is 25.4. The topological polar surface area (TPSA) is 64.9 Å². The van der Waals surface area contributed by atoms with Gasteiger partial charge in [0.1, 0.15) is 5.69 Å². The van der Waals surface area contributed by atoms with Crippen molar-refractivity contribution >= 4 is 11.8 Å². The van der Waals surface area contributed by atoms with Gasteiger partial charge in [0, 0.05) is 65.1 Å². The second-order valence-corrected chi connectivity index (χ2v) is 8.86. The van der Waals surface area contributed by atoms with Crippen LogP contribution in [0.2, 0.25) is 0 Å². The van der Waals surface area contributed by atoms with E-state index in [9.17, 15) is 9.59 Å². The van der Waals surface area contributed by atoms with Gasteiger partial charge >= 0.3 is 0 Å². The molecule has 0 saturated carbocycles. The summed E-state index contributed by atoms with van der Waals surface area (Å²) in [4.78, 5) is 34.4. The number of nitrogens with zero attached hydrogens (tertiary/aromatic N) is 6. The summed E-state index contributed by atoms with van der Waals surface area (Å²) >= 11 is 0. The maximum absolute atomic E-state index is 13.0. The molecule has 4 rings (SSSR count). The number of carbonyl (C=O) groups excluding carboxylic acids is 2. The third-order valence-corrected chi connectivity index (χ3v) is 6.82. The predicted octanol–water partition coefficient (Wildman–Crippen LogP) is 0.511. The Balaban J connectivity index is 1.28. The van der Waals surface area contributed by atoms with Gasteiger partial charge < -0.3 is 14.7 Å². The molecule has 0 radical (unpaired) electrons. The monoisotopic (exact) mass is 402 g/mol. The molecule has 29 heavy (non-hydrogen) atoms. The summed E-state index contributed by atoms with van der Waals surface area (Å²) in [6, 6.07) is 2.26. The molecule has 0 spiro atoms. The second-order valence-electron chi connectivity index (χ2n) is 8.86. The predicted molar refractivity (Wildman–Crippen MR) is 111 cm³/mol. The van der Waals surface area contributed by atoms with Crippen LogP contribution < -0.4 is 0 Å². The van der Waals surface area contributed by atoms with Crippen LogP contribution in [0.15, 0.2) is 12.3 Å². The molecule has 1 atom stereocenters. The molecule has 0 aliphatic carbocycles. The Kier molecular flexibility index (Phi) is 6.20. The Bertz CT molecular complexity index is 719. The van der Waals surface area contributed by atoms with Gasteiger partial charge in [0.05, 0.1) is 5.92 Å². The van der Waals surface area contributed by atoms with Gasteiger partial charge in [-0.05, 0) is 45.3 Å². The van der Waals surface area contributed by atoms with E-state index in [4.69, 9.17) is 0 Å². The largest absolute Gasteiger partial charge is 0.340 e. The number of likely N-dealkylation sites (tertiary alicyclic amines) is 2. The molecule has 1 unspecified atom stereocenters. The summed E-state index contributed by atoms with van der Waals surface area (Å²) in [5.74, 6) is 0.525. The molecule has 0 bridgehead atoms. The van der Waals surface area contributed by atoms with Crippen LogP contribution in [0.1, 0.15) is 36.2 Å². The summed E-state index contributed by atoms with van der Waals surface area (Å²) in [7, 11) is 3.95. The molecule has 3 aliphatic heterocycles. The number of carbonyl (C=O) groups is 2. The minimum absolute atomic E-state index is 0.0332. The number of rotatable bonds is 3. The van der Waals surface area contributed by atoms with Gasteiger partial charge in [-0.3, -0.25) is 19.2 Å². The molecule has 3 aliphatic rings. The fraction of sp³-hybridized carbons (Fsp3) is 0.762. The van der Waals surface area contributed by atoms with E-state index in [2.05, 4.69) is 26.8 Å². The van der Waals surface area contributed by atoms with Crippen molar-refractivity contribution < 1.29 is 9.59 Å². The third kappa shape index (κ3) is 4.64. The van der Waals surface area contributed by atoms with Crippen molar-refractivity contribution in [3.8, 4) is 0 Å². The maximum Gasteiger partial charge on any atom is 0.274 e. The molecule has 1 aromatic rings. The molecule has 1 aromatic heterocycles. The van der Waals surface area contributed by atoms with Gasteiger partial charge in [0.15, 0.2) is 0 Å². The molecule has 3 saturated heterocycles. The molecule has 4 heterocycles. The number of piperazine rings is 1. The van der Waals surface area contributed by atoms with Crippen molar-refractivity contribution in [1.82, 2.24) is 29.4 Å². The summed E-state index contributed by atoms with van der Waals surface area (Å²) in [6.07, 6.45) is 5.88. The second kappa shape index (κ2) is 8.83. The summed E-state index contributed by atoms with van der Waals surface area (Å²) < 4.78 is 1.67. The number of aryl methyl sites for hydroxylation is 1. The average molecular weight is 403 g/mol. The van der Waals surface area contributed by atoms with Crippen LogP contribution in [0.4, 0.5) is 0 Å². The standard InChI is InChI=1S/C21H34N6O2/c1-23-12-14-26(15-13-23)20(28)17-4-3-8-27(16-17)18-5-10-25(11-6-18)21(29)19-7-9-24(2)22-19/h7,9,17-18H,3-6,8,10-16H2,1-2H3. The number of hydrogen-bond donors (Lipinski definition) is 0. The molecular formula is C21H34N6O2. The van der Waals surface area contributed by atoms with Gasteiger partial charge in [-0.2, -0.15) is 5.10 Å². The first-order chi connectivity index (χ1) is 14.0. The third-order valence-electron chi connectivity index (χ3n) is 6.82. The Labute approximate surface area is 173 Å². The lowest BCUT2D eigenvalue weighted by Gasteiger charge is -2.43. The Hall–Kier alpha value is -1.93. The SMILES string of the molecule is CN1CCN(C(=O)C2CCCN(C3CCN(C(=O)c4ccn(C)n4)CC3)C2)CC1. The zero-order valence-corrected chi connectivity index (χ0v) is 17.8. The molecule has 160 valence electrons. The lowest BCUT2D eigenvalue weighted by Crippen LogP contribution is -2.54. The lowest BCUT2D eigenvalue weighted by molar-refractivity contribution is -0.139. The highest BCUT2D eigenvalue weighted by Crippen LogP contribution is 2.26. The number of amides is 2. The van der Waals surface area contributed by atoms with Crippen LogP contribution in [0.5, 0.6) is 0 Å². The quantitative estimate of drug-likeness (QED) is 0.737. The van der Waals surface area contributed by atoms with E-state index in [-0.39, 0.29) is 11.8 Å². The zero-order valence-electron chi connectivity index (χ0n) is 17.8. The highest BCUT2D eigenvalue weighted by Gasteiger charge is 2.35. The van der Waals surface area contributed by atoms with E-state index in [0.29, 0.717) is 17.6 Å². The van der Waals surface area contributed by atoms with Crippen LogP contribution >= 0.6 is 0 Å². The lowest BCUT2D eigenvalue weighted by atomic mass is 9.92. The molecule has 8 nitrogen and oxygen atoms in total. The first-order valence-corrected chi connectivity index (χ1v) is 11.0. The molecule has 0 N–H and O–H groups in total. The van der Waals surface area contributed by atoms with Crippen molar-refractivity contribution in [3.05, 3.63) is 18.0 Å². The van der Waals surface area contributed by atoms with Crippen molar-refractivity contribution in [2.24, 2.45) is 13.0 Å². The fourth-order valence-electron chi connectivity index (χ4n) is 4.95. The number of piperidine rings is 2. The van der Waals surface area contributed by atoms with Gasteiger partial charge in [-0.25, -0.2) is 0 Å². The number of aromatic nitrogens is 2. The van der Waals surface area contributed by atoms with Crippen LogP contribution in [0.3, 0.4) is 0 Å². The highest BCUT2D eigenvalue weighted by molar-refractivity contribution is 5.92. The molecule has 0 aromatic carbocycles. The molecule has 3 fully saturated rings. The Morgan fingerprint density at radius 1 is 0.931 bits per heavy atom. The average Bonchev–Trinajstić information content (AvgIpc) is 3.20. The van der Waals surface area contributed by atoms with Gasteiger partial charge in [-0.1, -0.05) is 0 Å². The van der Waals surface area contributed by atoms with Gasteiger partial charge in [0.2, 0.25) is 5.91 Å². The fourth-order valence-corrected chi connectivity index (χ4v) is 4.95. The smallest absolute Gasteiger partial charge is 0.274 e. The van der Waals surface area contributed by atoms with Crippen LogP contribution in [-0.2, 0) is 11.8 Å². The van der Waals surface area contributed by atoms with E-state index < -0.39 is 0 Å². The highest BCUT2D eigenvalue weighted by atomic mass is 16.2.